The molecule has 0 aliphatic rings. The molecule has 0 saturated heterocycles. The maximum Gasteiger partial charge on any atom is 0.526 e. The van der Waals surface area contributed by atoms with Gasteiger partial charge in [-0.25, -0.2) is 4.74 Å². The van der Waals surface area contributed by atoms with Gasteiger partial charge in [0.25, 0.3) is 0 Å². The molecule has 0 aromatic carbocycles. The number of alkyl halides is 3. The summed E-state index contributed by atoms with van der Waals surface area (Å²) in [5.41, 5.74) is 0. The Bertz CT molecular complexity index is 111. The minimum absolute atomic E-state index is 0.608. The van der Waals surface area contributed by atoms with Gasteiger partial charge in [0.1, 0.15) is 5.92 Å². The third kappa shape index (κ3) is 4.95. The van der Waals surface area contributed by atoms with Gasteiger partial charge in [0.15, 0.2) is 0 Å². The molecule has 1 atom stereocenters. The second-order valence-corrected chi connectivity index (χ2v) is 2.41. The van der Waals surface area contributed by atoms with Gasteiger partial charge in [-0.05, 0) is 6.92 Å². The maximum absolute atomic E-state index is 11.6. The SMILES string of the molecule is CC[C+](C)C(C)OC(F)(F)F. The Morgan fingerprint density at radius 1 is 1.45 bits per heavy atom. The van der Waals surface area contributed by atoms with Gasteiger partial charge < -0.3 is 0 Å². The zero-order chi connectivity index (χ0) is 9.07. The Morgan fingerprint density at radius 3 is 2.18 bits per heavy atom. The van der Waals surface area contributed by atoms with E-state index >= 15 is 0 Å². The molecule has 4 heteroatoms. The molecule has 0 radical (unpaired) electrons. The Balaban J connectivity index is 3.77. The van der Waals surface area contributed by atoms with Crippen molar-refractivity contribution in [2.75, 3.05) is 0 Å². The molecule has 0 amide bonds. The van der Waals surface area contributed by atoms with Crippen LogP contribution in [0, 0.1) is 5.92 Å². The molecule has 1 nitrogen and oxygen atoms in total. The molecule has 0 rings (SSSR count). The fourth-order valence-electron chi connectivity index (χ4n) is 0.588. The van der Waals surface area contributed by atoms with Crippen molar-refractivity contribution in [1.29, 1.82) is 0 Å². The predicted molar refractivity (Wildman–Crippen MR) is 35.8 cm³/mol. The van der Waals surface area contributed by atoms with Crippen LogP contribution in [0.15, 0.2) is 0 Å². The van der Waals surface area contributed by atoms with Crippen LogP contribution in [0.1, 0.15) is 27.2 Å². The molecule has 0 aliphatic heterocycles. The quantitative estimate of drug-likeness (QED) is 0.590. The Kier molecular flexibility index (Phi) is 3.72. The maximum atomic E-state index is 11.6. The van der Waals surface area contributed by atoms with Crippen molar-refractivity contribution in [2.24, 2.45) is 0 Å². The molecule has 0 aliphatic carbocycles. The largest absolute Gasteiger partial charge is 0.526 e. The van der Waals surface area contributed by atoms with Crippen molar-refractivity contribution < 1.29 is 17.9 Å². The van der Waals surface area contributed by atoms with E-state index in [-0.39, 0.29) is 0 Å². The van der Waals surface area contributed by atoms with Crippen molar-refractivity contribution in [3.05, 3.63) is 5.92 Å². The summed E-state index contributed by atoms with van der Waals surface area (Å²) in [6.07, 6.45) is -4.74. The Hall–Kier alpha value is -0.380. The average molecular weight is 169 g/mol. The summed E-state index contributed by atoms with van der Waals surface area (Å²) in [5.74, 6) is 0.697. The van der Waals surface area contributed by atoms with E-state index in [0.717, 1.165) is 0 Å². The van der Waals surface area contributed by atoms with E-state index in [0.29, 0.717) is 12.3 Å². The lowest BCUT2D eigenvalue weighted by Gasteiger charge is -2.12. The lowest BCUT2D eigenvalue weighted by molar-refractivity contribution is -0.338. The molecule has 0 N–H and O–H groups in total. The normalized spacial score (nSPS) is 14.7. The zero-order valence-corrected chi connectivity index (χ0v) is 6.83. The van der Waals surface area contributed by atoms with Crippen molar-refractivity contribution in [2.45, 2.75) is 39.7 Å². The molecule has 0 aromatic rings. The van der Waals surface area contributed by atoms with Crippen LogP contribution in [0.25, 0.3) is 0 Å². The van der Waals surface area contributed by atoms with Crippen LogP contribution in [0.4, 0.5) is 13.2 Å². The first-order chi connectivity index (χ1) is 4.87. The number of ether oxygens (including phenoxy) is 1. The van der Waals surface area contributed by atoms with Crippen LogP contribution in [-0.2, 0) is 4.74 Å². The standard InChI is InChI=1S/C7H12F3O/c1-4-5(2)6(3)11-7(8,9)10/h6H,4H2,1-3H3/q+1. The van der Waals surface area contributed by atoms with E-state index in [4.69, 9.17) is 0 Å². The Morgan fingerprint density at radius 2 is 1.91 bits per heavy atom. The summed E-state index contributed by atoms with van der Waals surface area (Å²) in [6, 6.07) is 0. The summed E-state index contributed by atoms with van der Waals surface area (Å²) in [4.78, 5) is 0. The topological polar surface area (TPSA) is 9.23 Å². The second-order valence-electron chi connectivity index (χ2n) is 2.41. The smallest absolute Gasteiger partial charge is 0.246 e. The van der Waals surface area contributed by atoms with E-state index in [1.807, 2.05) is 0 Å². The van der Waals surface area contributed by atoms with Gasteiger partial charge in [0.2, 0.25) is 6.10 Å². The summed E-state index contributed by atoms with van der Waals surface area (Å²) >= 11 is 0. The number of hydrogen-bond donors (Lipinski definition) is 0. The van der Waals surface area contributed by atoms with Crippen LogP contribution < -0.4 is 0 Å². The third-order valence-corrected chi connectivity index (χ3v) is 1.56. The predicted octanol–water partition coefficient (Wildman–Crippen LogP) is 2.92. The van der Waals surface area contributed by atoms with Gasteiger partial charge in [-0.3, -0.25) is 0 Å². The van der Waals surface area contributed by atoms with Gasteiger partial charge in [-0.15, -0.1) is 13.2 Å². The van der Waals surface area contributed by atoms with Crippen LogP contribution in [-0.4, -0.2) is 12.5 Å². The zero-order valence-electron chi connectivity index (χ0n) is 6.83. The lowest BCUT2D eigenvalue weighted by atomic mass is 10.0. The van der Waals surface area contributed by atoms with E-state index in [2.05, 4.69) is 4.74 Å². The molecule has 1 unspecified atom stereocenters. The van der Waals surface area contributed by atoms with Gasteiger partial charge in [0, 0.05) is 6.92 Å². The van der Waals surface area contributed by atoms with Crippen molar-refractivity contribution >= 4 is 0 Å². The number of rotatable bonds is 3. The van der Waals surface area contributed by atoms with Crippen LogP contribution in [0.2, 0.25) is 0 Å². The highest BCUT2D eigenvalue weighted by molar-refractivity contribution is 4.89. The van der Waals surface area contributed by atoms with Gasteiger partial charge in [0.05, 0.1) is 13.3 Å². The first-order valence-electron chi connectivity index (χ1n) is 3.43. The first-order valence-corrected chi connectivity index (χ1v) is 3.43. The number of halogens is 3. The van der Waals surface area contributed by atoms with E-state index in [1.54, 1.807) is 13.8 Å². The van der Waals surface area contributed by atoms with Gasteiger partial charge in [-0.2, -0.15) is 0 Å². The highest BCUT2D eigenvalue weighted by Gasteiger charge is 2.37. The summed E-state index contributed by atoms with van der Waals surface area (Å²) < 4.78 is 38.5. The monoisotopic (exact) mass is 169 g/mol. The lowest BCUT2D eigenvalue weighted by Crippen LogP contribution is -2.25. The number of hydrogen-bond acceptors (Lipinski definition) is 1. The fourth-order valence-corrected chi connectivity index (χ4v) is 0.588. The molecule has 66 valence electrons. The van der Waals surface area contributed by atoms with Crippen LogP contribution >= 0.6 is 0 Å². The summed E-state index contributed by atoms with van der Waals surface area (Å²) in [6.45, 7) is 4.84. The second kappa shape index (κ2) is 3.85. The molecule has 0 aromatic heterocycles. The van der Waals surface area contributed by atoms with Crippen LogP contribution in [0.5, 0.6) is 0 Å². The summed E-state index contributed by atoms with van der Waals surface area (Å²) in [7, 11) is 0. The van der Waals surface area contributed by atoms with Crippen molar-refractivity contribution in [3.63, 3.8) is 0 Å². The van der Waals surface area contributed by atoms with Gasteiger partial charge in [-0.1, -0.05) is 0 Å². The van der Waals surface area contributed by atoms with E-state index in [1.165, 1.54) is 6.92 Å². The molecule has 0 saturated carbocycles. The summed E-state index contributed by atoms with van der Waals surface area (Å²) in [5, 5.41) is 0. The molecular formula is C7H12F3O+. The fraction of sp³-hybridized carbons (Fsp3) is 0.857. The molecule has 0 bridgehead atoms. The van der Waals surface area contributed by atoms with Gasteiger partial charge >= 0.3 is 6.36 Å². The first kappa shape index (κ1) is 10.6. The highest BCUT2D eigenvalue weighted by atomic mass is 19.4. The third-order valence-electron chi connectivity index (χ3n) is 1.56. The Labute approximate surface area is 64.5 Å². The van der Waals surface area contributed by atoms with Crippen molar-refractivity contribution in [3.8, 4) is 0 Å². The molecule has 0 heterocycles. The van der Waals surface area contributed by atoms with E-state index in [9.17, 15) is 13.2 Å². The molecule has 0 fully saturated rings. The van der Waals surface area contributed by atoms with Crippen molar-refractivity contribution in [1.82, 2.24) is 0 Å². The minimum Gasteiger partial charge on any atom is -0.246 e. The van der Waals surface area contributed by atoms with Crippen LogP contribution in [0.3, 0.4) is 0 Å². The molecule has 0 spiro atoms. The molecule has 11 heavy (non-hydrogen) atoms. The average Bonchev–Trinajstić information content (AvgIpc) is 1.82. The minimum atomic E-state index is -4.52. The van der Waals surface area contributed by atoms with E-state index < -0.39 is 12.5 Å². The molecular weight excluding hydrogens is 157 g/mol. The highest BCUT2D eigenvalue weighted by Crippen LogP contribution is 2.23.